The largest absolute Gasteiger partial charge is 0.433 e. The maximum Gasteiger partial charge on any atom is 0.433 e. The van der Waals surface area contributed by atoms with Gasteiger partial charge in [0.05, 0.1) is 11.9 Å². The molecular weight excluding hydrogens is 387 g/mol. The van der Waals surface area contributed by atoms with Crippen LogP contribution >= 0.6 is 0 Å². The van der Waals surface area contributed by atoms with Crippen LogP contribution in [0.3, 0.4) is 0 Å². The van der Waals surface area contributed by atoms with Gasteiger partial charge in [0.2, 0.25) is 0 Å². The van der Waals surface area contributed by atoms with Crippen LogP contribution in [0.2, 0.25) is 0 Å². The number of carbonyl (C=O) groups is 1. The number of hydrogen-bond donors (Lipinski definition) is 0. The fraction of sp³-hybridized carbons (Fsp3) is 0.300. The number of aryl methyl sites for hydroxylation is 3. The van der Waals surface area contributed by atoms with E-state index < -0.39 is 35.4 Å². The Bertz CT molecular complexity index is 1270. The summed E-state index contributed by atoms with van der Waals surface area (Å²) in [6.45, 7) is -0.499. The molecule has 0 bridgehead atoms. The Hall–Kier alpha value is -3.23. The highest BCUT2D eigenvalue weighted by Gasteiger charge is 2.33. The third kappa shape index (κ3) is 3.26. The Morgan fingerprint density at radius 2 is 1.83 bits per heavy atom. The molecule has 0 atom stereocenters. The summed E-state index contributed by atoms with van der Waals surface area (Å²) < 4.78 is 40.3. The van der Waals surface area contributed by atoms with Crippen LogP contribution in [0, 0.1) is 0 Å². The summed E-state index contributed by atoms with van der Waals surface area (Å²) in [5, 5.41) is -0.165. The normalized spacial score (nSPS) is 13.7. The SMILES string of the molecule is Cn1c(=O)n(CC(=O)c2ccc3c(c2)CCC3)c(=O)c2ccc(C(F)(F)F)nc21. The maximum atomic E-state index is 12.9. The van der Waals surface area contributed by atoms with Gasteiger partial charge in [-0.2, -0.15) is 13.2 Å². The van der Waals surface area contributed by atoms with E-state index in [9.17, 15) is 27.6 Å². The van der Waals surface area contributed by atoms with Crippen LogP contribution in [0.5, 0.6) is 0 Å². The third-order valence-corrected chi connectivity index (χ3v) is 5.20. The number of halogens is 3. The standard InChI is InChI=1S/C20H16F3N3O3/c1-25-17-14(7-8-16(24-17)20(21,22)23)18(28)26(19(25)29)10-15(27)13-6-5-11-3-2-4-12(11)9-13/h5-9H,2-4,10H2,1H3. The fourth-order valence-corrected chi connectivity index (χ4v) is 3.65. The fourth-order valence-electron chi connectivity index (χ4n) is 3.65. The average molecular weight is 403 g/mol. The Labute approximate surface area is 162 Å². The van der Waals surface area contributed by atoms with Crippen molar-refractivity contribution in [1.29, 1.82) is 0 Å². The summed E-state index contributed by atoms with van der Waals surface area (Å²) in [6, 6.07) is 6.97. The van der Waals surface area contributed by atoms with Crippen LogP contribution in [0.25, 0.3) is 11.0 Å². The quantitative estimate of drug-likeness (QED) is 0.630. The number of rotatable bonds is 3. The van der Waals surface area contributed by atoms with Crippen molar-refractivity contribution in [2.75, 3.05) is 0 Å². The molecule has 0 saturated heterocycles. The van der Waals surface area contributed by atoms with E-state index in [1.54, 1.807) is 12.1 Å². The second-order valence-electron chi connectivity index (χ2n) is 7.06. The van der Waals surface area contributed by atoms with Crippen molar-refractivity contribution in [3.8, 4) is 0 Å². The van der Waals surface area contributed by atoms with Crippen LogP contribution in [-0.4, -0.2) is 19.9 Å². The molecule has 2 heterocycles. The van der Waals surface area contributed by atoms with Crippen LogP contribution in [0.15, 0.2) is 39.9 Å². The van der Waals surface area contributed by atoms with E-state index in [-0.39, 0.29) is 11.0 Å². The number of ketones is 1. The predicted octanol–water partition coefficient (Wildman–Crippen LogP) is 2.49. The van der Waals surface area contributed by atoms with E-state index in [0.717, 1.165) is 40.0 Å². The van der Waals surface area contributed by atoms with Gasteiger partial charge in [-0.3, -0.25) is 18.7 Å². The predicted molar refractivity (Wildman–Crippen MR) is 99.0 cm³/mol. The van der Waals surface area contributed by atoms with Crippen molar-refractivity contribution in [2.24, 2.45) is 7.05 Å². The average Bonchev–Trinajstić information content (AvgIpc) is 3.16. The van der Waals surface area contributed by atoms with Gasteiger partial charge in [0.25, 0.3) is 5.56 Å². The lowest BCUT2D eigenvalue weighted by molar-refractivity contribution is -0.141. The number of carbonyl (C=O) groups excluding carboxylic acids is 1. The maximum absolute atomic E-state index is 12.9. The van der Waals surface area contributed by atoms with Crippen LogP contribution in [-0.2, 0) is 32.6 Å². The van der Waals surface area contributed by atoms with Gasteiger partial charge < -0.3 is 0 Å². The van der Waals surface area contributed by atoms with Gasteiger partial charge in [-0.25, -0.2) is 9.78 Å². The Balaban J connectivity index is 1.77. The first-order chi connectivity index (χ1) is 13.7. The first-order valence-electron chi connectivity index (χ1n) is 8.99. The minimum absolute atomic E-state index is 0.165. The number of fused-ring (bicyclic) bond motifs is 2. The molecule has 0 fully saturated rings. The number of hydrogen-bond acceptors (Lipinski definition) is 4. The lowest BCUT2D eigenvalue weighted by Crippen LogP contribution is -2.41. The number of alkyl halides is 3. The minimum Gasteiger partial charge on any atom is -0.292 e. The van der Waals surface area contributed by atoms with Gasteiger partial charge in [-0.15, -0.1) is 0 Å². The molecule has 0 spiro atoms. The van der Waals surface area contributed by atoms with Gasteiger partial charge in [0, 0.05) is 12.6 Å². The first-order valence-corrected chi connectivity index (χ1v) is 8.99. The van der Waals surface area contributed by atoms with Gasteiger partial charge in [0.15, 0.2) is 5.78 Å². The van der Waals surface area contributed by atoms with Gasteiger partial charge >= 0.3 is 11.9 Å². The lowest BCUT2D eigenvalue weighted by Gasteiger charge is -2.12. The molecule has 0 amide bonds. The van der Waals surface area contributed by atoms with E-state index in [1.165, 1.54) is 12.6 Å². The molecule has 0 saturated carbocycles. The zero-order valence-corrected chi connectivity index (χ0v) is 15.4. The van der Waals surface area contributed by atoms with E-state index in [4.69, 9.17) is 0 Å². The van der Waals surface area contributed by atoms with E-state index in [2.05, 4.69) is 4.98 Å². The summed E-state index contributed by atoms with van der Waals surface area (Å²) >= 11 is 0. The number of benzene rings is 1. The molecule has 4 rings (SSSR count). The molecule has 150 valence electrons. The lowest BCUT2D eigenvalue weighted by atomic mass is 10.0. The van der Waals surface area contributed by atoms with Crippen molar-refractivity contribution in [1.82, 2.24) is 14.1 Å². The topological polar surface area (TPSA) is 74.0 Å². The van der Waals surface area contributed by atoms with Crippen molar-refractivity contribution < 1.29 is 18.0 Å². The van der Waals surface area contributed by atoms with E-state index in [1.807, 2.05) is 6.07 Å². The molecule has 0 aliphatic heterocycles. The number of Topliss-reactive ketones (excluding diaryl/α,β-unsaturated/α-hetero) is 1. The highest BCUT2D eigenvalue weighted by Crippen LogP contribution is 2.28. The smallest absolute Gasteiger partial charge is 0.292 e. The van der Waals surface area contributed by atoms with Crippen LogP contribution in [0.4, 0.5) is 13.2 Å². The molecule has 6 nitrogen and oxygen atoms in total. The molecule has 1 aliphatic rings. The molecule has 1 aliphatic carbocycles. The minimum atomic E-state index is -4.71. The number of pyridine rings is 1. The molecule has 1 aromatic carbocycles. The molecule has 0 radical (unpaired) electrons. The highest BCUT2D eigenvalue weighted by molar-refractivity contribution is 5.96. The molecule has 9 heteroatoms. The van der Waals surface area contributed by atoms with Crippen LogP contribution < -0.4 is 11.2 Å². The molecule has 0 N–H and O–H groups in total. The van der Waals surface area contributed by atoms with E-state index in [0.29, 0.717) is 11.6 Å². The number of nitrogens with zero attached hydrogens (tertiary/aromatic N) is 3. The summed E-state index contributed by atoms with van der Waals surface area (Å²) in [5.41, 5.74) is -0.666. The van der Waals surface area contributed by atoms with Crippen molar-refractivity contribution in [3.63, 3.8) is 0 Å². The van der Waals surface area contributed by atoms with Crippen molar-refractivity contribution >= 4 is 16.8 Å². The van der Waals surface area contributed by atoms with Gasteiger partial charge in [0.1, 0.15) is 11.3 Å². The Morgan fingerprint density at radius 1 is 1.10 bits per heavy atom. The summed E-state index contributed by atoms with van der Waals surface area (Å²) in [5.74, 6) is -0.418. The molecule has 2 aromatic heterocycles. The zero-order valence-electron chi connectivity index (χ0n) is 15.4. The van der Waals surface area contributed by atoms with Crippen molar-refractivity contribution in [3.05, 3.63) is 73.6 Å². The Kier molecular flexibility index (Phi) is 4.40. The second-order valence-corrected chi connectivity index (χ2v) is 7.06. The van der Waals surface area contributed by atoms with E-state index >= 15 is 0 Å². The second kappa shape index (κ2) is 6.68. The molecule has 0 unspecified atom stereocenters. The molecular formula is C20H16F3N3O3. The monoisotopic (exact) mass is 403 g/mol. The Morgan fingerprint density at radius 3 is 2.55 bits per heavy atom. The van der Waals surface area contributed by atoms with Crippen LogP contribution in [0.1, 0.15) is 33.6 Å². The molecule has 3 aromatic rings. The summed E-state index contributed by atoms with van der Waals surface area (Å²) in [6.07, 6.45) is -1.85. The summed E-state index contributed by atoms with van der Waals surface area (Å²) in [7, 11) is 1.22. The van der Waals surface area contributed by atoms with Crippen molar-refractivity contribution in [2.45, 2.75) is 32.0 Å². The first kappa shape index (κ1) is 19.1. The third-order valence-electron chi connectivity index (χ3n) is 5.20. The summed E-state index contributed by atoms with van der Waals surface area (Å²) in [4.78, 5) is 41.4. The van der Waals surface area contributed by atoms with Gasteiger partial charge in [-0.1, -0.05) is 12.1 Å². The highest BCUT2D eigenvalue weighted by atomic mass is 19.4. The molecule has 29 heavy (non-hydrogen) atoms. The zero-order chi connectivity index (χ0) is 20.9. The van der Waals surface area contributed by atoms with Gasteiger partial charge in [-0.05, 0) is 48.6 Å². The number of aromatic nitrogens is 3.